The summed E-state index contributed by atoms with van der Waals surface area (Å²) in [5.74, 6) is -1.18. The molecule has 0 spiro atoms. The van der Waals surface area contributed by atoms with Crippen LogP contribution in [0, 0.1) is 11.3 Å². The quantitative estimate of drug-likeness (QED) is 0.327. The van der Waals surface area contributed by atoms with Crippen LogP contribution in [0.4, 0.5) is 5.69 Å². The van der Waals surface area contributed by atoms with Crippen molar-refractivity contribution in [1.82, 2.24) is 4.57 Å². The molecule has 0 saturated carbocycles. The minimum absolute atomic E-state index is 0.0499. The molecule has 0 aliphatic heterocycles. The van der Waals surface area contributed by atoms with Crippen LogP contribution in [0.15, 0.2) is 48.5 Å². The van der Waals surface area contributed by atoms with Crippen LogP contribution in [0.5, 0.6) is 0 Å². The van der Waals surface area contributed by atoms with Crippen LogP contribution in [-0.2, 0) is 27.2 Å². The Morgan fingerprint density at radius 2 is 1.72 bits per heavy atom. The molecule has 0 bridgehead atoms. The maximum atomic E-state index is 13.0. The summed E-state index contributed by atoms with van der Waals surface area (Å²) >= 11 is 0. The molecule has 0 atom stereocenters. The van der Waals surface area contributed by atoms with Gasteiger partial charge in [-0.2, -0.15) is 5.26 Å². The maximum Gasteiger partial charge on any atom is 0.357 e. The van der Waals surface area contributed by atoms with E-state index >= 15 is 0 Å². The number of rotatable bonds is 8. The second-order valence-electron chi connectivity index (χ2n) is 8.44. The van der Waals surface area contributed by atoms with E-state index in [1.54, 1.807) is 13.8 Å². The summed E-state index contributed by atoms with van der Waals surface area (Å²) in [5, 5.41) is 13.1. The van der Waals surface area contributed by atoms with E-state index in [2.05, 4.69) is 13.0 Å². The van der Waals surface area contributed by atoms with E-state index in [1.807, 2.05) is 48.5 Å². The summed E-state index contributed by atoms with van der Waals surface area (Å²) in [4.78, 5) is 25.6. The van der Waals surface area contributed by atoms with Gasteiger partial charge in [-0.05, 0) is 48.2 Å². The minimum Gasteiger partial charge on any atom is -0.465 e. The van der Waals surface area contributed by atoms with Gasteiger partial charge in [0.25, 0.3) is 0 Å². The lowest BCUT2D eigenvalue weighted by Crippen LogP contribution is -2.20. The molecule has 0 radical (unpaired) electrons. The number of hydrogen-bond acceptors (Lipinski definition) is 6. The molecular weight excluding hydrogens is 454 g/mol. The molecule has 3 aromatic carbocycles. The lowest BCUT2D eigenvalue weighted by molar-refractivity contribution is -0.143. The second-order valence-corrected chi connectivity index (χ2v) is 8.44. The third-order valence-corrected chi connectivity index (χ3v) is 6.22. The number of nitriles is 1. The van der Waals surface area contributed by atoms with Crippen LogP contribution < -0.4 is 5.73 Å². The fourth-order valence-electron chi connectivity index (χ4n) is 4.84. The fraction of sp³-hybridized carbons (Fsp3) is 0.276. The summed E-state index contributed by atoms with van der Waals surface area (Å²) in [7, 11) is 0. The van der Waals surface area contributed by atoms with E-state index in [4.69, 9.17) is 15.2 Å². The van der Waals surface area contributed by atoms with E-state index in [0.29, 0.717) is 22.9 Å². The molecule has 0 saturated heterocycles. The predicted molar refractivity (Wildman–Crippen MR) is 141 cm³/mol. The highest BCUT2D eigenvalue weighted by Crippen LogP contribution is 2.41. The summed E-state index contributed by atoms with van der Waals surface area (Å²) in [6.07, 6.45) is 1.56. The second kappa shape index (κ2) is 10.5. The first kappa shape index (κ1) is 24.8. The molecule has 4 rings (SSSR count). The molecule has 0 amide bonds. The zero-order valence-corrected chi connectivity index (χ0v) is 20.8. The number of benzene rings is 3. The first-order chi connectivity index (χ1) is 17.5. The van der Waals surface area contributed by atoms with Crippen molar-refractivity contribution in [2.45, 2.75) is 40.2 Å². The molecule has 1 heterocycles. The Morgan fingerprint density at radius 3 is 2.42 bits per heavy atom. The van der Waals surface area contributed by atoms with Gasteiger partial charge in [0.2, 0.25) is 0 Å². The van der Waals surface area contributed by atoms with Crippen molar-refractivity contribution in [2.75, 3.05) is 18.9 Å². The highest BCUT2D eigenvalue weighted by atomic mass is 16.5. The van der Waals surface area contributed by atoms with Gasteiger partial charge in [-0.15, -0.1) is 0 Å². The number of nitrogen functional groups attached to an aromatic ring is 1. The van der Waals surface area contributed by atoms with E-state index in [1.165, 1.54) is 4.57 Å². The van der Waals surface area contributed by atoms with E-state index in [0.717, 1.165) is 33.9 Å². The average Bonchev–Trinajstić information content (AvgIpc) is 3.14. The minimum atomic E-state index is -0.650. The zero-order valence-electron chi connectivity index (χ0n) is 20.8. The number of aromatic nitrogens is 1. The number of hydrogen-bond donors (Lipinski definition) is 1. The highest BCUT2D eigenvalue weighted by Gasteiger charge is 2.29. The highest BCUT2D eigenvalue weighted by molar-refractivity contribution is 6.11. The van der Waals surface area contributed by atoms with Gasteiger partial charge in [-0.1, -0.05) is 55.8 Å². The third kappa shape index (κ3) is 4.27. The Kier molecular flexibility index (Phi) is 7.25. The molecule has 0 aliphatic carbocycles. The predicted octanol–water partition coefficient (Wildman–Crippen LogP) is 5.61. The Labute approximate surface area is 210 Å². The standard InChI is InChI=1S/C29H29N3O4/c1-4-10-19-15-22-26(31)28(29(34)36-6-3)32(17-24(33)35-5-2)27(22)23(16-30)25(19)21-14-9-12-18-11-7-8-13-20(18)21/h7-9,11-15H,4-6,10,17,31H2,1-3H3. The van der Waals surface area contributed by atoms with E-state index < -0.39 is 11.9 Å². The molecule has 0 aliphatic rings. The van der Waals surface area contributed by atoms with Crippen molar-refractivity contribution in [2.24, 2.45) is 0 Å². The number of aryl methyl sites for hydroxylation is 1. The number of nitrogens with zero attached hydrogens (tertiary/aromatic N) is 2. The molecule has 36 heavy (non-hydrogen) atoms. The van der Waals surface area contributed by atoms with Gasteiger partial charge in [0.15, 0.2) is 5.69 Å². The van der Waals surface area contributed by atoms with Crippen molar-refractivity contribution in [3.63, 3.8) is 0 Å². The summed E-state index contributed by atoms with van der Waals surface area (Å²) in [5.41, 5.74) is 10.2. The Hall–Kier alpha value is -4.31. The van der Waals surface area contributed by atoms with Gasteiger partial charge in [0.1, 0.15) is 12.6 Å². The van der Waals surface area contributed by atoms with Crippen LogP contribution in [-0.4, -0.2) is 29.7 Å². The van der Waals surface area contributed by atoms with Crippen LogP contribution in [0.2, 0.25) is 0 Å². The van der Waals surface area contributed by atoms with Gasteiger partial charge < -0.3 is 19.8 Å². The molecule has 0 unspecified atom stereocenters. The van der Waals surface area contributed by atoms with Crippen LogP contribution in [0.1, 0.15) is 48.8 Å². The van der Waals surface area contributed by atoms with Crippen molar-refractivity contribution >= 4 is 39.3 Å². The molecule has 1 aromatic heterocycles. The first-order valence-electron chi connectivity index (χ1n) is 12.1. The Morgan fingerprint density at radius 1 is 1.00 bits per heavy atom. The Bertz CT molecular complexity index is 1510. The van der Waals surface area contributed by atoms with Gasteiger partial charge in [-0.25, -0.2) is 4.79 Å². The number of esters is 2. The van der Waals surface area contributed by atoms with Crippen LogP contribution >= 0.6 is 0 Å². The average molecular weight is 484 g/mol. The maximum absolute atomic E-state index is 13.0. The van der Waals surface area contributed by atoms with Crippen molar-refractivity contribution in [1.29, 1.82) is 5.26 Å². The third-order valence-electron chi connectivity index (χ3n) is 6.22. The fourth-order valence-corrected chi connectivity index (χ4v) is 4.84. The largest absolute Gasteiger partial charge is 0.465 e. The van der Waals surface area contributed by atoms with Gasteiger partial charge >= 0.3 is 11.9 Å². The van der Waals surface area contributed by atoms with Crippen LogP contribution in [0.25, 0.3) is 32.8 Å². The molecule has 7 nitrogen and oxygen atoms in total. The number of ether oxygens (including phenoxy) is 2. The lowest BCUT2D eigenvalue weighted by Gasteiger charge is -2.17. The smallest absolute Gasteiger partial charge is 0.357 e. The number of carbonyl (C=O) groups is 2. The molecule has 7 heteroatoms. The number of nitrogens with two attached hydrogens (primary N) is 1. The first-order valence-corrected chi connectivity index (χ1v) is 12.1. The molecule has 4 aromatic rings. The number of anilines is 1. The normalized spacial score (nSPS) is 10.9. The van der Waals surface area contributed by atoms with E-state index in [-0.39, 0.29) is 31.1 Å². The summed E-state index contributed by atoms with van der Waals surface area (Å²) in [6.45, 7) is 5.55. The topological polar surface area (TPSA) is 107 Å². The molecule has 0 fully saturated rings. The van der Waals surface area contributed by atoms with Crippen molar-refractivity contribution in [3.8, 4) is 17.2 Å². The van der Waals surface area contributed by atoms with Gasteiger partial charge in [-0.3, -0.25) is 4.79 Å². The SMILES string of the molecule is CCCc1cc2c(N)c(C(=O)OCC)n(CC(=O)OCC)c2c(C#N)c1-c1cccc2ccccc12. The Balaban J connectivity index is 2.15. The summed E-state index contributed by atoms with van der Waals surface area (Å²) in [6, 6.07) is 18.3. The van der Waals surface area contributed by atoms with E-state index in [9.17, 15) is 14.9 Å². The number of carbonyl (C=O) groups excluding carboxylic acids is 2. The molecule has 184 valence electrons. The summed E-state index contributed by atoms with van der Waals surface area (Å²) < 4.78 is 11.9. The zero-order chi connectivity index (χ0) is 25.8. The van der Waals surface area contributed by atoms with Crippen molar-refractivity contribution < 1.29 is 19.1 Å². The van der Waals surface area contributed by atoms with Crippen LogP contribution in [0.3, 0.4) is 0 Å². The van der Waals surface area contributed by atoms with Crippen molar-refractivity contribution in [3.05, 3.63) is 65.4 Å². The number of fused-ring (bicyclic) bond motifs is 2. The monoisotopic (exact) mass is 483 g/mol. The van der Waals surface area contributed by atoms with Gasteiger partial charge in [0, 0.05) is 10.9 Å². The lowest BCUT2D eigenvalue weighted by atomic mass is 9.88. The van der Waals surface area contributed by atoms with Gasteiger partial charge in [0.05, 0.1) is 30.0 Å². The molecular formula is C29H29N3O4. The molecule has 2 N–H and O–H groups in total.